The third-order valence-electron chi connectivity index (χ3n) is 4.61. The Morgan fingerprint density at radius 3 is 2.53 bits per heavy atom. The summed E-state index contributed by atoms with van der Waals surface area (Å²) in [6, 6.07) is 15.8. The number of methoxy groups -OCH3 is 1. The first kappa shape index (κ1) is 26.1. The van der Waals surface area contributed by atoms with Crippen LogP contribution in [0.1, 0.15) is 34.8 Å². The molecule has 1 N–H and O–H groups in total. The fourth-order valence-corrected chi connectivity index (χ4v) is 4.14. The highest BCUT2D eigenvalue weighted by Crippen LogP contribution is 2.35. The predicted molar refractivity (Wildman–Crippen MR) is 144 cm³/mol. The Kier molecular flexibility index (Phi) is 9.86. The first-order chi connectivity index (χ1) is 16.4. The molecule has 3 aromatic carbocycles. The van der Waals surface area contributed by atoms with Crippen molar-refractivity contribution in [3.63, 3.8) is 0 Å². The van der Waals surface area contributed by atoms with Crippen molar-refractivity contribution in [2.45, 2.75) is 20.0 Å². The standard InChI is InChI=1S/C25H23Cl2IN2O4/c1-3-10-33-20-8-5-17(6-9-20)25(31)30-29-14-16-11-22(28)24(23(12-16)32-2)34-15-18-4-7-19(26)13-21(18)27/h4-9,11-14H,3,10,15H2,1-2H3,(H,30,31)/b29-14+. The lowest BCUT2D eigenvalue weighted by Gasteiger charge is -2.14. The van der Waals surface area contributed by atoms with Crippen LogP contribution in [0.15, 0.2) is 59.7 Å². The summed E-state index contributed by atoms with van der Waals surface area (Å²) in [7, 11) is 1.56. The topological polar surface area (TPSA) is 69.2 Å². The van der Waals surface area contributed by atoms with Crippen molar-refractivity contribution in [3.05, 3.63) is 84.9 Å². The molecule has 0 unspecified atom stereocenters. The average Bonchev–Trinajstić information content (AvgIpc) is 2.83. The maximum absolute atomic E-state index is 12.3. The first-order valence-corrected chi connectivity index (χ1v) is 12.2. The molecule has 0 aromatic heterocycles. The molecule has 0 atom stereocenters. The van der Waals surface area contributed by atoms with Gasteiger partial charge in [-0.25, -0.2) is 5.43 Å². The zero-order valence-electron chi connectivity index (χ0n) is 18.6. The molecule has 1 amide bonds. The molecule has 3 aromatic rings. The summed E-state index contributed by atoms with van der Waals surface area (Å²) in [5.41, 5.74) is 4.56. The van der Waals surface area contributed by atoms with Crippen molar-refractivity contribution < 1.29 is 19.0 Å². The SMILES string of the molecule is CCCOc1ccc(C(=O)N/N=C/c2cc(I)c(OCc3ccc(Cl)cc3Cl)c(OC)c2)cc1. The molecule has 0 radical (unpaired) electrons. The second-order valence-corrected chi connectivity index (χ2v) is 9.14. The van der Waals surface area contributed by atoms with Crippen molar-refractivity contribution in [3.8, 4) is 17.2 Å². The second-order valence-electron chi connectivity index (χ2n) is 7.13. The summed E-state index contributed by atoms with van der Waals surface area (Å²) in [5.74, 6) is 1.53. The van der Waals surface area contributed by atoms with Crippen LogP contribution in [0.5, 0.6) is 17.2 Å². The van der Waals surface area contributed by atoms with Crippen LogP contribution in [0.4, 0.5) is 0 Å². The maximum Gasteiger partial charge on any atom is 0.271 e. The minimum Gasteiger partial charge on any atom is -0.494 e. The van der Waals surface area contributed by atoms with E-state index in [2.05, 4.69) is 33.1 Å². The summed E-state index contributed by atoms with van der Waals surface area (Å²) in [5, 5.41) is 5.16. The Morgan fingerprint density at radius 2 is 1.85 bits per heavy atom. The molecule has 6 nitrogen and oxygen atoms in total. The number of amides is 1. The predicted octanol–water partition coefficient (Wildman–Crippen LogP) is 6.74. The number of nitrogens with one attached hydrogen (secondary N) is 1. The van der Waals surface area contributed by atoms with E-state index in [1.54, 1.807) is 55.8 Å². The van der Waals surface area contributed by atoms with Crippen molar-refractivity contribution in [1.82, 2.24) is 5.43 Å². The Hall–Kier alpha value is -2.49. The third-order valence-corrected chi connectivity index (χ3v) is 6.00. The Morgan fingerprint density at radius 1 is 1.09 bits per heavy atom. The van der Waals surface area contributed by atoms with Crippen molar-refractivity contribution in [2.24, 2.45) is 5.10 Å². The molecule has 0 aliphatic carbocycles. The van der Waals surface area contributed by atoms with Gasteiger partial charge < -0.3 is 14.2 Å². The summed E-state index contributed by atoms with van der Waals surface area (Å²) in [6.07, 6.45) is 2.46. The molecule has 0 aliphatic rings. The van der Waals surface area contributed by atoms with E-state index in [0.717, 1.165) is 26.9 Å². The number of carbonyl (C=O) groups is 1. The second kappa shape index (κ2) is 12.8. The van der Waals surface area contributed by atoms with Gasteiger partial charge in [0.2, 0.25) is 0 Å². The number of hydrogen-bond acceptors (Lipinski definition) is 5. The van der Waals surface area contributed by atoms with Crippen LogP contribution in [0, 0.1) is 3.57 Å². The van der Waals surface area contributed by atoms with Gasteiger partial charge in [-0.15, -0.1) is 0 Å². The van der Waals surface area contributed by atoms with E-state index in [9.17, 15) is 4.79 Å². The number of ether oxygens (including phenoxy) is 3. The van der Waals surface area contributed by atoms with Crippen molar-refractivity contribution >= 4 is 57.9 Å². The van der Waals surface area contributed by atoms with Gasteiger partial charge in [0.05, 0.1) is 23.5 Å². The number of carbonyl (C=O) groups excluding carboxylic acids is 1. The lowest BCUT2D eigenvalue weighted by atomic mass is 10.2. The highest BCUT2D eigenvalue weighted by atomic mass is 127. The minimum absolute atomic E-state index is 0.258. The summed E-state index contributed by atoms with van der Waals surface area (Å²) >= 11 is 14.3. The number of nitrogens with zero attached hydrogens (tertiary/aromatic N) is 1. The summed E-state index contributed by atoms with van der Waals surface area (Å²) < 4.78 is 17.8. The average molecular weight is 613 g/mol. The van der Waals surface area contributed by atoms with Crippen LogP contribution in [0.3, 0.4) is 0 Å². The van der Waals surface area contributed by atoms with Crippen LogP contribution < -0.4 is 19.6 Å². The van der Waals surface area contributed by atoms with Gasteiger partial charge in [0.1, 0.15) is 12.4 Å². The van der Waals surface area contributed by atoms with Gasteiger partial charge in [-0.05, 0) is 83.1 Å². The van der Waals surface area contributed by atoms with Gasteiger partial charge in [0.15, 0.2) is 11.5 Å². The molecule has 0 aliphatic heterocycles. The zero-order chi connectivity index (χ0) is 24.5. The Bertz CT molecular complexity index is 1170. The van der Waals surface area contributed by atoms with Crippen LogP contribution in [0.25, 0.3) is 0 Å². The number of rotatable bonds is 10. The van der Waals surface area contributed by atoms with E-state index in [0.29, 0.717) is 33.7 Å². The number of benzene rings is 3. The van der Waals surface area contributed by atoms with E-state index in [1.807, 2.05) is 19.1 Å². The molecule has 178 valence electrons. The molecule has 0 heterocycles. The highest BCUT2D eigenvalue weighted by Gasteiger charge is 2.13. The van der Waals surface area contributed by atoms with E-state index in [-0.39, 0.29) is 12.5 Å². The van der Waals surface area contributed by atoms with Crippen LogP contribution in [0.2, 0.25) is 10.0 Å². The molecule has 0 spiro atoms. The number of hydrogen-bond donors (Lipinski definition) is 1. The smallest absolute Gasteiger partial charge is 0.271 e. The monoisotopic (exact) mass is 612 g/mol. The normalized spacial score (nSPS) is 10.9. The molecule has 34 heavy (non-hydrogen) atoms. The van der Waals surface area contributed by atoms with Gasteiger partial charge in [-0.1, -0.05) is 36.2 Å². The highest BCUT2D eigenvalue weighted by molar-refractivity contribution is 14.1. The largest absolute Gasteiger partial charge is 0.494 e. The van der Waals surface area contributed by atoms with Gasteiger partial charge in [0, 0.05) is 21.2 Å². The Labute approximate surface area is 222 Å². The fourth-order valence-electron chi connectivity index (χ4n) is 2.90. The summed E-state index contributed by atoms with van der Waals surface area (Å²) in [6.45, 7) is 2.93. The molecule has 0 fully saturated rings. The van der Waals surface area contributed by atoms with Crippen LogP contribution in [-0.2, 0) is 6.61 Å². The van der Waals surface area contributed by atoms with E-state index in [1.165, 1.54) is 0 Å². The van der Waals surface area contributed by atoms with E-state index < -0.39 is 0 Å². The fraction of sp³-hybridized carbons (Fsp3) is 0.200. The lowest BCUT2D eigenvalue weighted by Crippen LogP contribution is -2.17. The molecular formula is C25H23Cl2IN2O4. The quantitative estimate of drug-likeness (QED) is 0.156. The van der Waals surface area contributed by atoms with Gasteiger partial charge in [-0.2, -0.15) is 5.10 Å². The van der Waals surface area contributed by atoms with E-state index in [4.69, 9.17) is 37.4 Å². The van der Waals surface area contributed by atoms with E-state index >= 15 is 0 Å². The maximum atomic E-state index is 12.3. The number of halogens is 3. The molecule has 0 saturated heterocycles. The van der Waals surface area contributed by atoms with Crippen molar-refractivity contribution in [2.75, 3.05) is 13.7 Å². The van der Waals surface area contributed by atoms with Crippen LogP contribution >= 0.6 is 45.8 Å². The zero-order valence-corrected chi connectivity index (χ0v) is 22.3. The molecule has 0 saturated carbocycles. The molecule has 3 rings (SSSR count). The lowest BCUT2D eigenvalue weighted by molar-refractivity contribution is 0.0955. The third kappa shape index (κ3) is 7.25. The van der Waals surface area contributed by atoms with Crippen LogP contribution in [-0.4, -0.2) is 25.8 Å². The molecule has 9 heteroatoms. The minimum atomic E-state index is -0.320. The number of hydrazone groups is 1. The summed E-state index contributed by atoms with van der Waals surface area (Å²) in [4.78, 5) is 12.3. The molecular weight excluding hydrogens is 590 g/mol. The van der Waals surface area contributed by atoms with Gasteiger partial charge >= 0.3 is 0 Å². The van der Waals surface area contributed by atoms with Gasteiger partial charge in [0.25, 0.3) is 5.91 Å². The van der Waals surface area contributed by atoms with Crippen molar-refractivity contribution in [1.29, 1.82) is 0 Å². The first-order valence-electron chi connectivity index (χ1n) is 10.4. The van der Waals surface area contributed by atoms with Gasteiger partial charge in [-0.3, -0.25) is 4.79 Å². The molecule has 0 bridgehead atoms. The Balaban J connectivity index is 1.64.